The first-order valence-electron chi connectivity index (χ1n) is 6.38. The summed E-state index contributed by atoms with van der Waals surface area (Å²) in [5.74, 6) is 0.269. The number of rotatable bonds is 5. The molecule has 2 aromatic rings. The van der Waals surface area contributed by atoms with Gasteiger partial charge >= 0.3 is 5.97 Å². The molecule has 0 bridgehead atoms. The van der Waals surface area contributed by atoms with Gasteiger partial charge in [0.1, 0.15) is 5.75 Å². The van der Waals surface area contributed by atoms with Gasteiger partial charge in [-0.15, -0.1) is 0 Å². The SMILES string of the molecule is COC(=O)C(Nc1ccccc1Cl)c1cccc(OC)c1. The summed E-state index contributed by atoms with van der Waals surface area (Å²) in [7, 11) is 2.93. The lowest BCUT2D eigenvalue weighted by Gasteiger charge is -2.19. The van der Waals surface area contributed by atoms with Crippen LogP contribution in [-0.4, -0.2) is 20.2 Å². The molecule has 0 spiro atoms. The quantitative estimate of drug-likeness (QED) is 0.856. The molecule has 5 heteroatoms. The van der Waals surface area contributed by atoms with Crippen LogP contribution >= 0.6 is 11.6 Å². The van der Waals surface area contributed by atoms with E-state index in [2.05, 4.69) is 5.32 Å². The second-order valence-corrected chi connectivity index (χ2v) is 4.76. The van der Waals surface area contributed by atoms with Gasteiger partial charge in [-0.3, -0.25) is 0 Å². The molecule has 0 heterocycles. The molecular formula is C16H16ClNO3. The van der Waals surface area contributed by atoms with Crippen molar-refractivity contribution in [2.24, 2.45) is 0 Å². The van der Waals surface area contributed by atoms with Crippen molar-refractivity contribution in [2.75, 3.05) is 19.5 Å². The van der Waals surface area contributed by atoms with Crippen LogP contribution in [0, 0.1) is 0 Å². The van der Waals surface area contributed by atoms with Crippen molar-refractivity contribution in [2.45, 2.75) is 6.04 Å². The summed E-state index contributed by atoms with van der Waals surface area (Å²) >= 11 is 6.12. The molecule has 0 aliphatic rings. The molecule has 0 aliphatic heterocycles. The predicted molar refractivity (Wildman–Crippen MR) is 82.8 cm³/mol. The highest BCUT2D eigenvalue weighted by Gasteiger charge is 2.22. The maximum Gasteiger partial charge on any atom is 0.332 e. The number of anilines is 1. The maximum absolute atomic E-state index is 12.1. The standard InChI is InChI=1S/C16H16ClNO3/c1-20-12-7-5-6-11(10-12)15(16(19)21-2)18-14-9-4-3-8-13(14)17/h3-10,15,18H,1-2H3. The summed E-state index contributed by atoms with van der Waals surface area (Å²) in [6, 6.07) is 13.8. The number of halogens is 1. The second-order valence-electron chi connectivity index (χ2n) is 4.36. The van der Waals surface area contributed by atoms with Crippen LogP contribution in [0.15, 0.2) is 48.5 Å². The fourth-order valence-corrected chi connectivity index (χ4v) is 2.14. The van der Waals surface area contributed by atoms with E-state index in [0.29, 0.717) is 16.5 Å². The van der Waals surface area contributed by atoms with Crippen LogP contribution in [0.4, 0.5) is 5.69 Å². The fraction of sp³-hybridized carbons (Fsp3) is 0.188. The van der Waals surface area contributed by atoms with Crippen molar-refractivity contribution >= 4 is 23.3 Å². The van der Waals surface area contributed by atoms with Gasteiger partial charge in [-0.1, -0.05) is 35.9 Å². The molecule has 0 aromatic heterocycles. The molecule has 4 nitrogen and oxygen atoms in total. The molecule has 0 saturated heterocycles. The van der Waals surface area contributed by atoms with Gasteiger partial charge in [0.25, 0.3) is 0 Å². The minimum atomic E-state index is -0.662. The molecule has 1 atom stereocenters. The fourth-order valence-electron chi connectivity index (χ4n) is 1.95. The lowest BCUT2D eigenvalue weighted by atomic mass is 10.1. The number of hydrogen-bond donors (Lipinski definition) is 1. The number of hydrogen-bond acceptors (Lipinski definition) is 4. The van der Waals surface area contributed by atoms with E-state index in [1.54, 1.807) is 25.3 Å². The van der Waals surface area contributed by atoms with Crippen LogP contribution in [-0.2, 0) is 9.53 Å². The first-order valence-corrected chi connectivity index (χ1v) is 6.76. The smallest absolute Gasteiger partial charge is 0.332 e. The highest BCUT2D eigenvalue weighted by atomic mass is 35.5. The number of carbonyl (C=O) groups excluding carboxylic acids is 1. The molecule has 21 heavy (non-hydrogen) atoms. The Hall–Kier alpha value is -2.20. The number of nitrogens with one attached hydrogen (secondary N) is 1. The largest absolute Gasteiger partial charge is 0.497 e. The molecule has 1 N–H and O–H groups in total. The Morgan fingerprint density at radius 2 is 1.90 bits per heavy atom. The van der Waals surface area contributed by atoms with Crippen LogP contribution in [0.3, 0.4) is 0 Å². The highest BCUT2D eigenvalue weighted by molar-refractivity contribution is 6.33. The Morgan fingerprint density at radius 1 is 1.14 bits per heavy atom. The Bertz CT molecular complexity index is 630. The average molecular weight is 306 g/mol. The molecule has 2 rings (SSSR count). The zero-order chi connectivity index (χ0) is 15.2. The van der Waals surface area contributed by atoms with Gasteiger partial charge < -0.3 is 14.8 Å². The van der Waals surface area contributed by atoms with Gasteiger partial charge in [-0.25, -0.2) is 4.79 Å². The summed E-state index contributed by atoms with van der Waals surface area (Å²) in [5, 5.41) is 3.64. The van der Waals surface area contributed by atoms with E-state index < -0.39 is 12.0 Å². The predicted octanol–water partition coefficient (Wildman–Crippen LogP) is 3.67. The molecule has 0 saturated carbocycles. The maximum atomic E-state index is 12.1. The molecule has 110 valence electrons. The minimum Gasteiger partial charge on any atom is -0.497 e. The van der Waals surface area contributed by atoms with E-state index in [0.717, 1.165) is 5.56 Å². The molecule has 2 aromatic carbocycles. The monoisotopic (exact) mass is 305 g/mol. The van der Waals surface area contributed by atoms with Crippen LogP contribution in [0.1, 0.15) is 11.6 Å². The highest BCUT2D eigenvalue weighted by Crippen LogP contribution is 2.28. The van der Waals surface area contributed by atoms with Gasteiger partial charge in [0.15, 0.2) is 6.04 Å². The van der Waals surface area contributed by atoms with Crippen molar-refractivity contribution in [1.29, 1.82) is 0 Å². The molecule has 0 fully saturated rings. The van der Waals surface area contributed by atoms with Crippen LogP contribution in [0.5, 0.6) is 5.75 Å². The van der Waals surface area contributed by atoms with E-state index in [1.807, 2.05) is 30.3 Å². The zero-order valence-electron chi connectivity index (χ0n) is 11.8. The minimum absolute atomic E-state index is 0.400. The average Bonchev–Trinajstić information content (AvgIpc) is 2.53. The summed E-state index contributed by atoms with van der Waals surface area (Å²) in [6.45, 7) is 0. The third-order valence-electron chi connectivity index (χ3n) is 3.04. The van der Waals surface area contributed by atoms with Crippen molar-refractivity contribution in [3.05, 3.63) is 59.1 Å². The van der Waals surface area contributed by atoms with Crippen LogP contribution < -0.4 is 10.1 Å². The first-order chi connectivity index (χ1) is 10.2. The van der Waals surface area contributed by atoms with E-state index in [9.17, 15) is 4.79 Å². The van der Waals surface area contributed by atoms with E-state index >= 15 is 0 Å². The molecule has 0 aliphatic carbocycles. The van der Waals surface area contributed by atoms with Crippen molar-refractivity contribution in [3.8, 4) is 5.75 Å². The summed E-state index contributed by atoms with van der Waals surface area (Å²) in [6.07, 6.45) is 0. The van der Waals surface area contributed by atoms with Crippen molar-refractivity contribution in [1.82, 2.24) is 0 Å². The van der Waals surface area contributed by atoms with Gasteiger partial charge in [-0.2, -0.15) is 0 Å². The lowest BCUT2D eigenvalue weighted by molar-refractivity contribution is -0.141. The third kappa shape index (κ3) is 3.67. The van der Waals surface area contributed by atoms with Gasteiger partial charge in [0, 0.05) is 0 Å². The Labute approximate surface area is 128 Å². The van der Waals surface area contributed by atoms with E-state index in [1.165, 1.54) is 7.11 Å². The normalized spacial score (nSPS) is 11.6. The number of para-hydroxylation sites is 1. The molecule has 0 amide bonds. The number of carbonyl (C=O) groups is 1. The zero-order valence-corrected chi connectivity index (χ0v) is 12.6. The Morgan fingerprint density at radius 3 is 2.57 bits per heavy atom. The Balaban J connectivity index is 2.34. The summed E-state index contributed by atoms with van der Waals surface area (Å²) < 4.78 is 10.1. The number of benzene rings is 2. The lowest BCUT2D eigenvalue weighted by Crippen LogP contribution is -2.22. The van der Waals surface area contributed by atoms with Crippen molar-refractivity contribution < 1.29 is 14.3 Å². The van der Waals surface area contributed by atoms with E-state index in [-0.39, 0.29) is 0 Å². The number of ether oxygens (including phenoxy) is 2. The van der Waals surface area contributed by atoms with Crippen molar-refractivity contribution in [3.63, 3.8) is 0 Å². The third-order valence-corrected chi connectivity index (χ3v) is 3.37. The Kier molecular flexibility index (Phi) is 5.06. The van der Waals surface area contributed by atoms with Crippen LogP contribution in [0.2, 0.25) is 5.02 Å². The topological polar surface area (TPSA) is 47.6 Å². The second kappa shape index (κ2) is 6.99. The number of methoxy groups -OCH3 is 2. The summed E-state index contributed by atoms with van der Waals surface area (Å²) in [5.41, 5.74) is 1.40. The van der Waals surface area contributed by atoms with Crippen LogP contribution in [0.25, 0.3) is 0 Å². The molecule has 0 radical (unpaired) electrons. The van der Waals surface area contributed by atoms with Gasteiger partial charge in [0.2, 0.25) is 0 Å². The summed E-state index contributed by atoms with van der Waals surface area (Å²) in [4.78, 5) is 12.1. The molecular weight excluding hydrogens is 290 g/mol. The van der Waals surface area contributed by atoms with Gasteiger partial charge in [-0.05, 0) is 29.8 Å². The first kappa shape index (κ1) is 15.2. The molecule has 1 unspecified atom stereocenters. The van der Waals surface area contributed by atoms with Gasteiger partial charge in [0.05, 0.1) is 24.9 Å². The van der Waals surface area contributed by atoms with E-state index in [4.69, 9.17) is 21.1 Å². The number of esters is 1.